The molecule has 0 heterocycles. The zero-order valence-electron chi connectivity index (χ0n) is 6.93. The van der Waals surface area contributed by atoms with Crippen molar-refractivity contribution < 1.29 is 8.42 Å². The van der Waals surface area contributed by atoms with E-state index in [0.29, 0.717) is 6.54 Å². The molecule has 0 rings (SSSR count). The first-order valence-corrected chi connectivity index (χ1v) is 5.46. The van der Waals surface area contributed by atoms with Crippen LogP contribution in [0.4, 0.5) is 0 Å². The molecule has 0 fully saturated rings. The fraction of sp³-hybridized carbons (Fsp3) is 0.667. The van der Waals surface area contributed by atoms with E-state index in [1.807, 2.05) is 0 Å². The highest BCUT2D eigenvalue weighted by atomic mass is 35.5. The maximum absolute atomic E-state index is 11.0. The van der Waals surface area contributed by atoms with E-state index >= 15 is 0 Å². The second kappa shape index (κ2) is 5.53. The van der Waals surface area contributed by atoms with Crippen LogP contribution >= 0.6 is 11.6 Å². The van der Waals surface area contributed by atoms with Crippen LogP contribution < -0.4 is 10.0 Å². The van der Waals surface area contributed by atoms with Crippen molar-refractivity contribution in [2.24, 2.45) is 0 Å². The van der Waals surface area contributed by atoms with E-state index in [1.165, 1.54) is 0 Å². The summed E-state index contributed by atoms with van der Waals surface area (Å²) in [6.07, 6.45) is 0. The molecule has 0 saturated carbocycles. The summed E-state index contributed by atoms with van der Waals surface area (Å²) in [6, 6.07) is 0. The highest BCUT2D eigenvalue weighted by Crippen LogP contribution is 1.94. The number of halogens is 1. The lowest BCUT2D eigenvalue weighted by atomic mass is 10.7. The average molecular weight is 213 g/mol. The SMILES string of the molecule is C=C(Cl)CNS(=O)(=O)CCNC. The number of nitrogens with one attached hydrogen (secondary N) is 2. The van der Waals surface area contributed by atoms with Crippen LogP contribution in [0.2, 0.25) is 0 Å². The summed E-state index contributed by atoms with van der Waals surface area (Å²) in [6.45, 7) is 3.87. The molecule has 0 aromatic carbocycles. The maximum atomic E-state index is 11.0. The number of hydrogen-bond acceptors (Lipinski definition) is 3. The van der Waals surface area contributed by atoms with E-state index < -0.39 is 10.0 Å². The summed E-state index contributed by atoms with van der Waals surface area (Å²) in [5.41, 5.74) is 0. The Kier molecular flexibility index (Phi) is 5.48. The minimum Gasteiger partial charge on any atom is -0.319 e. The Labute approximate surface area is 78.0 Å². The molecule has 0 aromatic heterocycles. The van der Waals surface area contributed by atoms with E-state index in [-0.39, 0.29) is 17.3 Å². The summed E-state index contributed by atoms with van der Waals surface area (Å²) in [5, 5.41) is 3.02. The average Bonchev–Trinajstić information content (AvgIpc) is 1.98. The molecular formula is C6H13ClN2O2S. The van der Waals surface area contributed by atoms with Gasteiger partial charge in [-0.25, -0.2) is 13.1 Å². The molecule has 0 atom stereocenters. The third-order valence-corrected chi connectivity index (χ3v) is 2.56. The van der Waals surface area contributed by atoms with Crippen LogP contribution in [0.1, 0.15) is 0 Å². The van der Waals surface area contributed by atoms with Crippen molar-refractivity contribution in [2.75, 3.05) is 25.9 Å². The molecule has 72 valence electrons. The molecule has 4 nitrogen and oxygen atoms in total. The van der Waals surface area contributed by atoms with Crippen LogP contribution in [0.3, 0.4) is 0 Å². The Morgan fingerprint density at radius 1 is 1.58 bits per heavy atom. The van der Waals surface area contributed by atoms with Gasteiger partial charge in [0.05, 0.1) is 5.75 Å². The van der Waals surface area contributed by atoms with Crippen molar-refractivity contribution in [3.8, 4) is 0 Å². The van der Waals surface area contributed by atoms with Gasteiger partial charge in [0.1, 0.15) is 0 Å². The molecule has 0 aliphatic carbocycles. The van der Waals surface area contributed by atoms with Crippen molar-refractivity contribution in [1.82, 2.24) is 10.0 Å². The monoisotopic (exact) mass is 212 g/mol. The molecule has 0 bridgehead atoms. The van der Waals surface area contributed by atoms with Gasteiger partial charge in [0.25, 0.3) is 0 Å². The molecular weight excluding hydrogens is 200 g/mol. The van der Waals surface area contributed by atoms with Gasteiger partial charge in [0.15, 0.2) is 0 Å². The lowest BCUT2D eigenvalue weighted by Gasteiger charge is -2.04. The van der Waals surface area contributed by atoms with Crippen LogP contribution in [-0.2, 0) is 10.0 Å². The Bertz CT molecular complexity index is 238. The molecule has 0 aromatic rings. The maximum Gasteiger partial charge on any atom is 0.213 e. The largest absolute Gasteiger partial charge is 0.319 e. The Morgan fingerprint density at radius 3 is 2.58 bits per heavy atom. The zero-order valence-corrected chi connectivity index (χ0v) is 8.50. The molecule has 6 heteroatoms. The van der Waals surface area contributed by atoms with Crippen molar-refractivity contribution in [2.45, 2.75) is 0 Å². The summed E-state index contributed by atoms with van der Waals surface area (Å²) in [5.74, 6) is 0.0493. The van der Waals surface area contributed by atoms with E-state index in [4.69, 9.17) is 11.6 Å². The van der Waals surface area contributed by atoms with Gasteiger partial charge in [-0.15, -0.1) is 0 Å². The first-order chi connectivity index (χ1) is 5.48. The lowest BCUT2D eigenvalue weighted by Crippen LogP contribution is -2.31. The summed E-state index contributed by atoms with van der Waals surface area (Å²) in [7, 11) is -1.51. The predicted octanol–water partition coefficient (Wildman–Crippen LogP) is -0.122. The molecule has 0 unspecified atom stereocenters. The normalized spacial score (nSPS) is 11.5. The molecule has 0 spiro atoms. The van der Waals surface area contributed by atoms with Gasteiger partial charge >= 0.3 is 0 Å². The van der Waals surface area contributed by atoms with Crippen molar-refractivity contribution in [1.29, 1.82) is 0 Å². The minimum atomic E-state index is -3.20. The zero-order chi connectivity index (χ0) is 9.61. The molecule has 0 aliphatic rings. The molecule has 0 aliphatic heterocycles. The van der Waals surface area contributed by atoms with Crippen LogP contribution in [0.25, 0.3) is 0 Å². The van der Waals surface area contributed by atoms with E-state index in [2.05, 4.69) is 16.6 Å². The fourth-order valence-electron chi connectivity index (χ4n) is 0.497. The smallest absolute Gasteiger partial charge is 0.213 e. The molecule has 2 N–H and O–H groups in total. The Balaban J connectivity index is 3.80. The third kappa shape index (κ3) is 6.60. The lowest BCUT2D eigenvalue weighted by molar-refractivity contribution is 0.583. The van der Waals surface area contributed by atoms with Gasteiger partial charge in [-0.2, -0.15) is 0 Å². The van der Waals surface area contributed by atoms with Crippen molar-refractivity contribution >= 4 is 21.6 Å². The van der Waals surface area contributed by atoms with Crippen LogP contribution in [-0.4, -0.2) is 34.3 Å². The predicted molar refractivity (Wildman–Crippen MR) is 50.7 cm³/mol. The van der Waals surface area contributed by atoms with Crippen molar-refractivity contribution in [3.05, 3.63) is 11.6 Å². The van der Waals surface area contributed by atoms with Gasteiger partial charge in [-0.3, -0.25) is 0 Å². The molecule has 0 amide bonds. The minimum absolute atomic E-state index is 0.0493. The van der Waals surface area contributed by atoms with Crippen LogP contribution in [0.5, 0.6) is 0 Å². The van der Waals surface area contributed by atoms with E-state index in [0.717, 1.165) is 0 Å². The number of hydrogen-bond donors (Lipinski definition) is 2. The van der Waals surface area contributed by atoms with Gasteiger partial charge < -0.3 is 5.32 Å². The first-order valence-electron chi connectivity index (χ1n) is 3.43. The quantitative estimate of drug-likeness (QED) is 0.646. The highest BCUT2D eigenvalue weighted by Gasteiger charge is 2.07. The number of rotatable bonds is 6. The summed E-state index contributed by atoms with van der Waals surface area (Å²) in [4.78, 5) is 0. The van der Waals surface area contributed by atoms with Gasteiger partial charge in [-0.05, 0) is 7.05 Å². The van der Waals surface area contributed by atoms with E-state index in [1.54, 1.807) is 7.05 Å². The Morgan fingerprint density at radius 2 is 2.17 bits per heavy atom. The summed E-state index contributed by atoms with van der Waals surface area (Å²) >= 11 is 5.38. The number of sulfonamides is 1. The standard InChI is InChI=1S/C6H13ClN2O2S/c1-6(7)5-9-12(10,11)4-3-8-2/h8-9H,1,3-5H2,2H3. The second-order valence-electron chi connectivity index (χ2n) is 2.26. The van der Waals surface area contributed by atoms with E-state index in [9.17, 15) is 8.42 Å². The van der Waals surface area contributed by atoms with Crippen LogP contribution in [0.15, 0.2) is 11.6 Å². The molecule has 0 radical (unpaired) electrons. The van der Waals surface area contributed by atoms with Crippen molar-refractivity contribution in [3.63, 3.8) is 0 Å². The third-order valence-electron chi connectivity index (χ3n) is 1.10. The fourth-order valence-corrected chi connectivity index (χ4v) is 1.65. The van der Waals surface area contributed by atoms with Gasteiger partial charge in [0, 0.05) is 18.1 Å². The topological polar surface area (TPSA) is 58.2 Å². The van der Waals surface area contributed by atoms with Crippen LogP contribution in [0, 0.1) is 0 Å². The van der Waals surface area contributed by atoms with Gasteiger partial charge in [-0.1, -0.05) is 18.2 Å². The highest BCUT2D eigenvalue weighted by molar-refractivity contribution is 7.89. The molecule has 12 heavy (non-hydrogen) atoms. The van der Waals surface area contributed by atoms with Gasteiger partial charge in [0.2, 0.25) is 10.0 Å². The molecule has 0 saturated heterocycles. The Hall–Kier alpha value is -0.100. The summed E-state index contributed by atoms with van der Waals surface area (Å²) < 4.78 is 24.4. The second-order valence-corrected chi connectivity index (χ2v) is 4.72. The first kappa shape index (κ1) is 11.9.